The third-order valence-corrected chi connectivity index (χ3v) is 4.53. The van der Waals surface area contributed by atoms with Gasteiger partial charge in [0.05, 0.1) is 23.6 Å². The lowest BCUT2D eigenvalue weighted by Gasteiger charge is -2.28. The van der Waals surface area contributed by atoms with Gasteiger partial charge in [0.15, 0.2) is 0 Å². The lowest BCUT2D eigenvalue weighted by Crippen LogP contribution is -2.43. The van der Waals surface area contributed by atoms with Crippen LogP contribution in [0.1, 0.15) is 5.69 Å². The van der Waals surface area contributed by atoms with Crippen LogP contribution in [0.5, 0.6) is 0 Å². The van der Waals surface area contributed by atoms with Crippen molar-refractivity contribution in [3.63, 3.8) is 0 Å². The zero-order chi connectivity index (χ0) is 16.5. The highest BCUT2D eigenvalue weighted by atomic mass is 15.2. The van der Waals surface area contributed by atoms with Gasteiger partial charge in [0.25, 0.3) is 0 Å². The average Bonchev–Trinajstić information content (AvgIpc) is 2.91. The molecule has 2 N–H and O–H groups in total. The highest BCUT2D eigenvalue weighted by molar-refractivity contribution is 5.83. The molecule has 0 radical (unpaired) electrons. The number of pyridine rings is 1. The summed E-state index contributed by atoms with van der Waals surface area (Å²) in [5, 5.41) is 7.66. The van der Waals surface area contributed by atoms with E-state index in [2.05, 4.69) is 55.1 Å². The third-order valence-electron chi connectivity index (χ3n) is 4.53. The summed E-state index contributed by atoms with van der Waals surface area (Å²) in [7, 11) is 2.06. The standard InChI is InChI=1S/C17H21N7/c1-12-7-13-9-19-16(8-15(13)23(12)2)22-17-20-10-14(11-21-17)24-5-3-18-4-6-24/h7-11,18H,3-6H2,1-2H3,(H,19,20,21,22). The zero-order valence-electron chi connectivity index (χ0n) is 14.0. The second kappa shape index (κ2) is 6.09. The molecule has 7 nitrogen and oxygen atoms in total. The monoisotopic (exact) mass is 323 g/mol. The summed E-state index contributed by atoms with van der Waals surface area (Å²) in [6.45, 7) is 6.06. The van der Waals surface area contributed by atoms with E-state index in [1.807, 2.05) is 24.7 Å². The van der Waals surface area contributed by atoms with E-state index in [1.165, 1.54) is 5.69 Å². The van der Waals surface area contributed by atoms with Crippen LogP contribution in [0.2, 0.25) is 0 Å². The topological polar surface area (TPSA) is 70.9 Å². The predicted molar refractivity (Wildman–Crippen MR) is 95.8 cm³/mol. The summed E-state index contributed by atoms with van der Waals surface area (Å²) < 4.78 is 2.15. The summed E-state index contributed by atoms with van der Waals surface area (Å²) in [5.41, 5.74) is 3.41. The Hall–Kier alpha value is -2.67. The van der Waals surface area contributed by atoms with E-state index in [0.717, 1.165) is 48.6 Å². The fourth-order valence-electron chi connectivity index (χ4n) is 3.02. The fraction of sp³-hybridized carbons (Fsp3) is 0.353. The van der Waals surface area contributed by atoms with E-state index in [-0.39, 0.29) is 0 Å². The molecule has 124 valence electrons. The van der Waals surface area contributed by atoms with E-state index < -0.39 is 0 Å². The van der Waals surface area contributed by atoms with Gasteiger partial charge >= 0.3 is 0 Å². The highest BCUT2D eigenvalue weighted by Gasteiger charge is 2.11. The van der Waals surface area contributed by atoms with Gasteiger partial charge in [0.2, 0.25) is 5.95 Å². The van der Waals surface area contributed by atoms with Crippen molar-refractivity contribution >= 4 is 28.4 Å². The molecule has 1 fully saturated rings. The van der Waals surface area contributed by atoms with Gasteiger partial charge in [-0.15, -0.1) is 0 Å². The number of fused-ring (bicyclic) bond motifs is 1. The van der Waals surface area contributed by atoms with Crippen LogP contribution in [0, 0.1) is 6.92 Å². The first kappa shape index (κ1) is 14.9. The first-order valence-corrected chi connectivity index (χ1v) is 8.17. The molecule has 7 heteroatoms. The van der Waals surface area contributed by atoms with Crippen molar-refractivity contribution in [2.24, 2.45) is 7.05 Å². The molecule has 0 saturated carbocycles. The van der Waals surface area contributed by atoms with Crippen LogP contribution in [0.3, 0.4) is 0 Å². The Morgan fingerprint density at radius 1 is 1.04 bits per heavy atom. The second-order valence-electron chi connectivity index (χ2n) is 6.10. The number of hydrogen-bond donors (Lipinski definition) is 2. The van der Waals surface area contributed by atoms with E-state index in [4.69, 9.17) is 0 Å². The van der Waals surface area contributed by atoms with Crippen LogP contribution in [-0.4, -0.2) is 45.7 Å². The molecule has 0 amide bonds. The van der Waals surface area contributed by atoms with Crippen LogP contribution in [-0.2, 0) is 7.05 Å². The normalized spacial score (nSPS) is 15.0. The summed E-state index contributed by atoms with van der Waals surface area (Å²) in [6, 6.07) is 4.15. The van der Waals surface area contributed by atoms with Crippen molar-refractivity contribution in [3.05, 3.63) is 36.4 Å². The van der Waals surface area contributed by atoms with Gasteiger partial charge in [-0.05, 0) is 13.0 Å². The van der Waals surface area contributed by atoms with Gasteiger partial charge in [0, 0.05) is 56.6 Å². The second-order valence-corrected chi connectivity index (χ2v) is 6.10. The highest BCUT2D eigenvalue weighted by Crippen LogP contribution is 2.21. The van der Waals surface area contributed by atoms with Gasteiger partial charge in [-0.1, -0.05) is 0 Å². The number of hydrogen-bond acceptors (Lipinski definition) is 6. The van der Waals surface area contributed by atoms with E-state index in [1.54, 1.807) is 0 Å². The van der Waals surface area contributed by atoms with Gasteiger partial charge in [0.1, 0.15) is 5.82 Å². The molecular weight excluding hydrogens is 302 g/mol. The van der Waals surface area contributed by atoms with E-state index >= 15 is 0 Å². The van der Waals surface area contributed by atoms with Crippen LogP contribution >= 0.6 is 0 Å². The summed E-state index contributed by atoms with van der Waals surface area (Å²) >= 11 is 0. The molecule has 0 atom stereocenters. The molecule has 1 saturated heterocycles. The molecule has 3 aromatic heterocycles. The number of aryl methyl sites for hydroxylation is 2. The summed E-state index contributed by atoms with van der Waals surface area (Å²) in [4.78, 5) is 15.6. The fourth-order valence-corrected chi connectivity index (χ4v) is 3.02. The van der Waals surface area contributed by atoms with Crippen molar-refractivity contribution in [3.8, 4) is 0 Å². The smallest absolute Gasteiger partial charge is 0.228 e. The van der Waals surface area contributed by atoms with Crippen molar-refractivity contribution < 1.29 is 0 Å². The Labute approximate surface area is 140 Å². The largest absolute Gasteiger partial charge is 0.366 e. The Bertz CT molecular complexity index is 847. The van der Waals surface area contributed by atoms with Gasteiger partial charge in [-0.3, -0.25) is 0 Å². The number of piperazine rings is 1. The molecule has 24 heavy (non-hydrogen) atoms. The minimum absolute atomic E-state index is 0.562. The minimum atomic E-state index is 0.562. The SMILES string of the molecule is Cc1cc2cnc(Nc3ncc(N4CCNCC4)cn3)cc2n1C. The molecule has 0 aromatic carbocycles. The van der Waals surface area contributed by atoms with Gasteiger partial charge in [-0.2, -0.15) is 0 Å². The Kier molecular flexibility index (Phi) is 3.78. The third kappa shape index (κ3) is 2.78. The predicted octanol–water partition coefficient (Wildman–Crippen LogP) is 1.82. The number of aromatic nitrogens is 4. The lowest BCUT2D eigenvalue weighted by molar-refractivity contribution is 0.588. The molecule has 0 spiro atoms. The lowest BCUT2D eigenvalue weighted by atomic mass is 10.3. The molecule has 4 rings (SSSR count). The van der Waals surface area contributed by atoms with E-state index in [0.29, 0.717) is 5.95 Å². The molecular formula is C17H21N7. The van der Waals surface area contributed by atoms with Crippen LogP contribution in [0.25, 0.3) is 10.9 Å². The summed E-state index contributed by atoms with van der Waals surface area (Å²) in [6.07, 6.45) is 5.61. The molecule has 1 aliphatic rings. The van der Waals surface area contributed by atoms with Crippen LogP contribution in [0.15, 0.2) is 30.7 Å². The molecule has 0 unspecified atom stereocenters. The average molecular weight is 323 g/mol. The summed E-state index contributed by atoms with van der Waals surface area (Å²) in [5.74, 6) is 1.31. The Morgan fingerprint density at radius 3 is 2.54 bits per heavy atom. The van der Waals surface area contributed by atoms with Crippen molar-refractivity contribution in [2.75, 3.05) is 36.4 Å². The first-order valence-electron chi connectivity index (χ1n) is 8.17. The number of nitrogens with one attached hydrogen (secondary N) is 2. The van der Waals surface area contributed by atoms with E-state index in [9.17, 15) is 0 Å². The van der Waals surface area contributed by atoms with Gasteiger partial charge in [-0.25, -0.2) is 15.0 Å². The maximum absolute atomic E-state index is 4.45. The quantitative estimate of drug-likeness (QED) is 0.766. The maximum atomic E-state index is 4.45. The molecule has 1 aliphatic heterocycles. The molecule has 4 heterocycles. The Balaban J connectivity index is 1.53. The van der Waals surface area contributed by atoms with Crippen LogP contribution < -0.4 is 15.5 Å². The maximum Gasteiger partial charge on any atom is 0.228 e. The molecule has 0 aliphatic carbocycles. The van der Waals surface area contributed by atoms with Crippen molar-refractivity contribution in [1.82, 2.24) is 24.8 Å². The number of rotatable bonds is 3. The first-order chi connectivity index (χ1) is 11.7. The number of anilines is 3. The minimum Gasteiger partial charge on any atom is -0.366 e. The molecule has 3 aromatic rings. The van der Waals surface area contributed by atoms with Crippen LogP contribution in [0.4, 0.5) is 17.5 Å². The number of nitrogens with zero attached hydrogens (tertiary/aromatic N) is 5. The van der Waals surface area contributed by atoms with Crippen molar-refractivity contribution in [2.45, 2.75) is 6.92 Å². The zero-order valence-corrected chi connectivity index (χ0v) is 14.0. The Morgan fingerprint density at radius 2 is 1.79 bits per heavy atom. The van der Waals surface area contributed by atoms with Crippen molar-refractivity contribution in [1.29, 1.82) is 0 Å². The van der Waals surface area contributed by atoms with Gasteiger partial charge < -0.3 is 20.1 Å². The molecule has 0 bridgehead atoms.